The number of nitrogens with zero attached hydrogens (tertiary/aromatic N) is 5. The number of likely N-dealkylation sites (tertiary alicyclic amines) is 1. The van der Waals surface area contributed by atoms with E-state index in [9.17, 15) is 0 Å². The lowest BCUT2D eigenvalue weighted by Gasteiger charge is -2.39. The van der Waals surface area contributed by atoms with E-state index >= 15 is 0 Å². The molecule has 1 saturated heterocycles. The zero-order valence-electron chi connectivity index (χ0n) is 13.8. The monoisotopic (exact) mass is 315 g/mol. The van der Waals surface area contributed by atoms with E-state index in [2.05, 4.69) is 50.0 Å². The van der Waals surface area contributed by atoms with Crippen LogP contribution in [-0.2, 0) is 6.54 Å². The summed E-state index contributed by atoms with van der Waals surface area (Å²) in [6, 6.07) is 2.39. The molecule has 2 aromatic rings. The lowest BCUT2D eigenvalue weighted by atomic mass is 9.93. The van der Waals surface area contributed by atoms with Crippen molar-refractivity contribution in [2.24, 2.45) is 10.9 Å². The van der Waals surface area contributed by atoms with Gasteiger partial charge in [0.25, 0.3) is 0 Å². The van der Waals surface area contributed by atoms with Crippen molar-refractivity contribution in [2.45, 2.75) is 32.9 Å². The fraction of sp³-hybridized carbons (Fsp3) is 0.562. The van der Waals surface area contributed by atoms with Gasteiger partial charge in [-0.2, -0.15) is 5.10 Å². The summed E-state index contributed by atoms with van der Waals surface area (Å²) in [5, 5.41) is 10.3. The Morgan fingerprint density at radius 1 is 1.48 bits per heavy atom. The van der Waals surface area contributed by atoms with E-state index in [1.54, 1.807) is 6.20 Å². The Morgan fingerprint density at radius 3 is 3.09 bits per heavy atom. The van der Waals surface area contributed by atoms with Gasteiger partial charge in [0.05, 0.1) is 24.6 Å². The number of aromatic amines is 1. The van der Waals surface area contributed by atoms with Crippen LogP contribution in [0.15, 0.2) is 36.0 Å². The van der Waals surface area contributed by atoms with Crippen molar-refractivity contribution in [2.75, 3.05) is 19.6 Å². The van der Waals surface area contributed by atoms with E-state index in [-0.39, 0.29) is 0 Å². The lowest BCUT2D eigenvalue weighted by molar-refractivity contribution is 0.189. The second kappa shape index (κ2) is 7.30. The SMILES string of the molecule is CCNC(=NCc1ccn[nH]1)N1CCC(C)C(n2ccnc2)C1. The Labute approximate surface area is 136 Å². The maximum atomic E-state index is 4.76. The van der Waals surface area contributed by atoms with Crippen molar-refractivity contribution in [3.63, 3.8) is 0 Å². The molecule has 0 bridgehead atoms. The van der Waals surface area contributed by atoms with Crippen molar-refractivity contribution in [1.82, 2.24) is 30.0 Å². The molecule has 0 amide bonds. The molecule has 2 unspecified atom stereocenters. The molecule has 2 N–H and O–H groups in total. The number of rotatable bonds is 4. The molecule has 23 heavy (non-hydrogen) atoms. The first-order valence-electron chi connectivity index (χ1n) is 8.27. The molecular formula is C16H25N7. The van der Waals surface area contributed by atoms with E-state index < -0.39 is 0 Å². The number of hydrogen-bond donors (Lipinski definition) is 2. The van der Waals surface area contributed by atoms with Crippen LogP contribution in [0.4, 0.5) is 0 Å². The smallest absolute Gasteiger partial charge is 0.194 e. The fourth-order valence-corrected chi connectivity index (χ4v) is 3.05. The molecule has 7 nitrogen and oxygen atoms in total. The second-order valence-electron chi connectivity index (χ2n) is 6.04. The summed E-state index contributed by atoms with van der Waals surface area (Å²) in [7, 11) is 0. The Kier molecular flexibility index (Phi) is 4.95. The molecule has 1 aliphatic rings. The molecule has 124 valence electrons. The predicted molar refractivity (Wildman–Crippen MR) is 90.0 cm³/mol. The number of H-pyrrole nitrogens is 1. The van der Waals surface area contributed by atoms with Gasteiger partial charge in [-0.05, 0) is 25.3 Å². The highest BCUT2D eigenvalue weighted by Crippen LogP contribution is 2.27. The number of nitrogens with one attached hydrogen (secondary N) is 2. The van der Waals surface area contributed by atoms with Crippen molar-refractivity contribution in [3.05, 3.63) is 36.7 Å². The zero-order valence-corrected chi connectivity index (χ0v) is 13.8. The molecule has 3 heterocycles. The average Bonchev–Trinajstić information content (AvgIpc) is 3.25. The van der Waals surface area contributed by atoms with Gasteiger partial charge in [-0.1, -0.05) is 6.92 Å². The average molecular weight is 315 g/mol. The second-order valence-corrected chi connectivity index (χ2v) is 6.04. The minimum Gasteiger partial charge on any atom is -0.357 e. The number of guanidine groups is 1. The summed E-state index contributed by atoms with van der Waals surface area (Å²) >= 11 is 0. The van der Waals surface area contributed by atoms with Crippen molar-refractivity contribution in [1.29, 1.82) is 0 Å². The van der Waals surface area contributed by atoms with Gasteiger partial charge in [-0.3, -0.25) is 5.10 Å². The number of aromatic nitrogens is 4. The molecule has 2 aromatic heterocycles. The summed E-state index contributed by atoms with van der Waals surface area (Å²) < 4.78 is 2.22. The molecule has 0 saturated carbocycles. The normalized spacial score (nSPS) is 22.3. The molecule has 0 aliphatic carbocycles. The summed E-state index contributed by atoms with van der Waals surface area (Å²) in [4.78, 5) is 11.3. The largest absolute Gasteiger partial charge is 0.357 e. The highest BCUT2D eigenvalue weighted by atomic mass is 15.3. The summed E-state index contributed by atoms with van der Waals surface area (Å²) in [5.41, 5.74) is 1.02. The third kappa shape index (κ3) is 3.72. The van der Waals surface area contributed by atoms with Gasteiger partial charge < -0.3 is 14.8 Å². The maximum Gasteiger partial charge on any atom is 0.194 e. The third-order valence-electron chi connectivity index (χ3n) is 4.42. The number of piperidine rings is 1. The third-order valence-corrected chi connectivity index (χ3v) is 4.42. The van der Waals surface area contributed by atoms with Crippen LogP contribution in [0.25, 0.3) is 0 Å². The molecule has 3 rings (SSSR count). The molecule has 1 aliphatic heterocycles. The highest BCUT2D eigenvalue weighted by Gasteiger charge is 2.28. The number of imidazole rings is 1. The Hall–Kier alpha value is -2.31. The van der Waals surface area contributed by atoms with Crippen LogP contribution >= 0.6 is 0 Å². The summed E-state index contributed by atoms with van der Waals surface area (Å²) in [6.45, 7) is 7.88. The fourth-order valence-electron chi connectivity index (χ4n) is 3.05. The molecular weight excluding hydrogens is 290 g/mol. The van der Waals surface area contributed by atoms with Crippen LogP contribution in [0, 0.1) is 5.92 Å². The van der Waals surface area contributed by atoms with Gasteiger partial charge in [-0.25, -0.2) is 9.98 Å². The molecule has 7 heteroatoms. The van der Waals surface area contributed by atoms with Crippen LogP contribution in [0.3, 0.4) is 0 Å². The summed E-state index contributed by atoms with van der Waals surface area (Å²) in [5.74, 6) is 1.61. The summed E-state index contributed by atoms with van der Waals surface area (Å²) in [6.07, 6.45) is 8.73. The predicted octanol–water partition coefficient (Wildman–Crippen LogP) is 1.65. The van der Waals surface area contributed by atoms with Gasteiger partial charge in [0.15, 0.2) is 5.96 Å². The van der Waals surface area contributed by atoms with Gasteiger partial charge in [0.2, 0.25) is 0 Å². The minimum absolute atomic E-state index is 0.433. The Bertz CT molecular complexity index is 602. The molecule has 0 radical (unpaired) electrons. The van der Waals surface area contributed by atoms with E-state index in [1.165, 1.54) is 0 Å². The first-order valence-corrected chi connectivity index (χ1v) is 8.27. The van der Waals surface area contributed by atoms with E-state index in [0.29, 0.717) is 18.5 Å². The Morgan fingerprint density at radius 2 is 2.39 bits per heavy atom. The first kappa shape index (κ1) is 15.6. The quantitative estimate of drug-likeness (QED) is 0.665. The van der Waals surface area contributed by atoms with E-state index in [0.717, 1.165) is 37.7 Å². The standard InChI is InChI=1S/C16H25N7/c1-3-18-16(19-10-14-4-6-20-21-14)22-8-5-13(2)15(11-22)23-9-7-17-12-23/h4,6-7,9,12-13,15H,3,5,8,10-11H2,1-2H3,(H,18,19)(H,20,21). The molecule has 2 atom stereocenters. The van der Waals surface area contributed by atoms with Crippen LogP contribution in [-0.4, -0.2) is 50.2 Å². The zero-order chi connectivity index (χ0) is 16.1. The van der Waals surface area contributed by atoms with Crippen LogP contribution < -0.4 is 5.32 Å². The number of hydrogen-bond acceptors (Lipinski definition) is 3. The molecule has 0 aromatic carbocycles. The van der Waals surface area contributed by atoms with Crippen molar-refractivity contribution >= 4 is 5.96 Å². The van der Waals surface area contributed by atoms with Crippen LogP contribution in [0.2, 0.25) is 0 Å². The van der Waals surface area contributed by atoms with Crippen molar-refractivity contribution < 1.29 is 0 Å². The van der Waals surface area contributed by atoms with Gasteiger partial charge in [0.1, 0.15) is 0 Å². The minimum atomic E-state index is 0.433. The lowest BCUT2D eigenvalue weighted by Crippen LogP contribution is -2.49. The van der Waals surface area contributed by atoms with E-state index in [4.69, 9.17) is 4.99 Å². The van der Waals surface area contributed by atoms with E-state index in [1.807, 2.05) is 18.6 Å². The van der Waals surface area contributed by atoms with Crippen molar-refractivity contribution in [3.8, 4) is 0 Å². The van der Waals surface area contributed by atoms with Gasteiger partial charge in [0, 0.05) is 38.2 Å². The van der Waals surface area contributed by atoms with Crippen LogP contribution in [0.5, 0.6) is 0 Å². The Balaban J connectivity index is 1.72. The topological polar surface area (TPSA) is 74.1 Å². The highest BCUT2D eigenvalue weighted by molar-refractivity contribution is 5.80. The molecule has 1 fully saturated rings. The molecule has 0 spiro atoms. The first-order chi connectivity index (χ1) is 11.3. The van der Waals surface area contributed by atoms with Gasteiger partial charge >= 0.3 is 0 Å². The maximum absolute atomic E-state index is 4.76. The van der Waals surface area contributed by atoms with Gasteiger partial charge in [-0.15, -0.1) is 0 Å². The number of aliphatic imine (C=N–C) groups is 1. The van der Waals surface area contributed by atoms with Crippen LogP contribution in [0.1, 0.15) is 32.0 Å².